The fourth-order valence-electron chi connectivity index (χ4n) is 2.29. The number of guanidine groups is 1. The fraction of sp³-hybridized carbons (Fsp3) is 0.579. The SMILES string of the molecule is CCNC(=NCC(C)(C)c1ccccc1)NCCC(=O)NC(C)C.I. The van der Waals surface area contributed by atoms with Gasteiger partial charge in [-0.1, -0.05) is 44.2 Å². The Balaban J connectivity index is 0.00000576. The highest BCUT2D eigenvalue weighted by molar-refractivity contribution is 14.0. The molecule has 0 saturated heterocycles. The van der Waals surface area contributed by atoms with Gasteiger partial charge in [-0.15, -0.1) is 24.0 Å². The van der Waals surface area contributed by atoms with Gasteiger partial charge in [-0.25, -0.2) is 0 Å². The fourth-order valence-corrected chi connectivity index (χ4v) is 2.29. The number of rotatable bonds is 8. The second-order valence-electron chi connectivity index (χ2n) is 6.84. The van der Waals surface area contributed by atoms with Crippen molar-refractivity contribution in [2.75, 3.05) is 19.6 Å². The van der Waals surface area contributed by atoms with Crippen LogP contribution in [0.25, 0.3) is 0 Å². The Morgan fingerprint density at radius 1 is 1.16 bits per heavy atom. The molecule has 6 heteroatoms. The van der Waals surface area contributed by atoms with E-state index in [4.69, 9.17) is 0 Å². The number of hydrogen-bond donors (Lipinski definition) is 3. The minimum Gasteiger partial charge on any atom is -0.357 e. The zero-order chi connectivity index (χ0) is 18.0. The molecule has 0 aromatic heterocycles. The van der Waals surface area contributed by atoms with E-state index in [1.165, 1.54) is 5.56 Å². The van der Waals surface area contributed by atoms with Crippen LogP contribution in [0.4, 0.5) is 0 Å². The molecule has 25 heavy (non-hydrogen) atoms. The topological polar surface area (TPSA) is 65.5 Å². The molecule has 3 N–H and O–H groups in total. The maximum Gasteiger partial charge on any atom is 0.221 e. The van der Waals surface area contributed by atoms with E-state index in [9.17, 15) is 4.79 Å². The number of carbonyl (C=O) groups excluding carboxylic acids is 1. The van der Waals surface area contributed by atoms with Gasteiger partial charge in [0.05, 0.1) is 6.54 Å². The minimum atomic E-state index is -0.0430. The summed E-state index contributed by atoms with van der Waals surface area (Å²) < 4.78 is 0. The lowest BCUT2D eigenvalue weighted by atomic mass is 9.85. The Morgan fingerprint density at radius 3 is 2.36 bits per heavy atom. The number of benzene rings is 1. The summed E-state index contributed by atoms with van der Waals surface area (Å²) >= 11 is 0. The zero-order valence-corrected chi connectivity index (χ0v) is 18.4. The Kier molecular flexibility index (Phi) is 11.5. The predicted molar refractivity (Wildman–Crippen MR) is 117 cm³/mol. The first-order valence-corrected chi connectivity index (χ1v) is 8.72. The van der Waals surface area contributed by atoms with Crippen LogP contribution in [0.3, 0.4) is 0 Å². The summed E-state index contributed by atoms with van der Waals surface area (Å²) in [6.07, 6.45) is 0.435. The van der Waals surface area contributed by atoms with Crippen molar-refractivity contribution < 1.29 is 4.79 Å². The van der Waals surface area contributed by atoms with Crippen molar-refractivity contribution in [1.82, 2.24) is 16.0 Å². The summed E-state index contributed by atoms with van der Waals surface area (Å²) in [5.41, 5.74) is 1.22. The Labute approximate surface area is 169 Å². The van der Waals surface area contributed by atoms with Gasteiger partial charge in [0, 0.05) is 31.0 Å². The average Bonchev–Trinajstić information content (AvgIpc) is 2.53. The van der Waals surface area contributed by atoms with E-state index in [1.54, 1.807) is 0 Å². The normalized spacial score (nSPS) is 11.7. The number of amides is 1. The monoisotopic (exact) mass is 460 g/mol. The van der Waals surface area contributed by atoms with Gasteiger partial charge in [-0.2, -0.15) is 0 Å². The van der Waals surface area contributed by atoms with Crippen LogP contribution in [0.5, 0.6) is 0 Å². The Hall–Kier alpha value is -1.31. The van der Waals surface area contributed by atoms with E-state index in [0.29, 0.717) is 19.5 Å². The molecule has 0 aliphatic carbocycles. The van der Waals surface area contributed by atoms with Gasteiger partial charge in [0.2, 0.25) is 5.91 Å². The van der Waals surface area contributed by atoms with Crippen molar-refractivity contribution >= 4 is 35.8 Å². The second kappa shape index (κ2) is 12.1. The number of halogens is 1. The van der Waals surface area contributed by atoms with Gasteiger partial charge in [-0.05, 0) is 26.3 Å². The number of hydrogen-bond acceptors (Lipinski definition) is 2. The highest BCUT2D eigenvalue weighted by Crippen LogP contribution is 2.22. The second-order valence-corrected chi connectivity index (χ2v) is 6.84. The molecule has 1 aromatic carbocycles. The van der Waals surface area contributed by atoms with E-state index >= 15 is 0 Å². The van der Waals surface area contributed by atoms with Crippen molar-refractivity contribution in [3.63, 3.8) is 0 Å². The summed E-state index contributed by atoms with van der Waals surface area (Å²) in [5.74, 6) is 0.803. The standard InChI is InChI=1S/C19H32N4O.HI/c1-6-20-18(21-13-12-17(24)23-15(2)3)22-14-19(4,5)16-10-8-7-9-11-16;/h7-11,15H,6,12-14H2,1-5H3,(H,23,24)(H2,20,21,22);1H. The third-order valence-electron chi connectivity index (χ3n) is 3.63. The van der Waals surface area contributed by atoms with Crippen LogP contribution in [0.2, 0.25) is 0 Å². The van der Waals surface area contributed by atoms with Crippen LogP contribution in [0.1, 0.15) is 46.6 Å². The smallest absolute Gasteiger partial charge is 0.221 e. The van der Waals surface area contributed by atoms with Gasteiger partial charge in [0.25, 0.3) is 0 Å². The summed E-state index contributed by atoms with van der Waals surface area (Å²) in [7, 11) is 0. The molecule has 0 radical (unpaired) electrons. The first kappa shape index (κ1) is 23.7. The van der Waals surface area contributed by atoms with E-state index in [0.717, 1.165) is 12.5 Å². The van der Waals surface area contributed by atoms with Gasteiger partial charge in [0.15, 0.2) is 5.96 Å². The molecule has 0 heterocycles. The maximum atomic E-state index is 11.7. The van der Waals surface area contributed by atoms with Crippen LogP contribution in [0.15, 0.2) is 35.3 Å². The molecular formula is C19H33IN4O. The minimum absolute atomic E-state index is 0. The highest BCUT2D eigenvalue weighted by Gasteiger charge is 2.20. The zero-order valence-electron chi connectivity index (χ0n) is 16.1. The summed E-state index contributed by atoms with van der Waals surface area (Å²) in [6, 6.07) is 10.6. The lowest BCUT2D eigenvalue weighted by Crippen LogP contribution is -2.40. The van der Waals surface area contributed by atoms with Gasteiger partial charge >= 0.3 is 0 Å². The van der Waals surface area contributed by atoms with Gasteiger partial charge < -0.3 is 16.0 Å². The van der Waals surface area contributed by atoms with Crippen LogP contribution in [-0.2, 0) is 10.2 Å². The lowest BCUT2D eigenvalue weighted by molar-refractivity contribution is -0.121. The molecule has 0 bridgehead atoms. The first-order valence-electron chi connectivity index (χ1n) is 8.72. The van der Waals surface area contributed by atoms with E-state index < -0.39 is 0 Å². The number of nitrogens with zero attached hydrogens (tertiary/aromatic N) is 1. The Bertz CT molecular complexity index is 529. The molecular weight excluding hydrogens is 427 g/mol. The molecule has 5 nitrogen and oxygen atoms in total. The van der Waals surface area contributed by atoms with Crippen LogP contribution < -0.4 is 16.0 Å². The van der Waals surface area contributed by atoms with Crippen LogP contribution in [0, 0.1) is 0 Å². The lowest BCUT2D eigenvalue weighted by Gasteiger charge is -2.24. The number of nitrogens with one attached hydrogen (secondary N) is 3. The van der Waals surface area contributed by atoms with E-state index in [2.05, 4.69) is 59.1 Å². The molecule has 1 amide bonds. The van der Waals surface area contributed by atoms with Crippen LogP contribution in [-0.4, -0.2) is 37.5 Å². The molecule has 0 saturated carbocycles. The molecule has 0 unspecified atom stereocenters. The highest BCUT2D eigenvalue weighted by atomic mass is 127. The molecule has 1 aromatic rings. The Morgan fingerprint density at radius 2 is 1.80 bits per heavy atom. The van der Waals surface area contributed by atoms with Gasteiger partial charge in [-0.3, -0.25) is 9.79 Å². The third-order valence-corrected chi connectivity index (χ3v) is 3.63. The van der Waals surface area contributed by atoms with Crippen LogP contribution >= 0.6 is 24.0 Å². The third kappa shape index (κ3) is 9.67. The predicted octanol–water partition coefficient (Wildman–Crippen LogP) is 3.05. The van der Waals surface area contributed by atoms with Crippen molar-refractivity contribution in [2.45, 2.75) is 52.5 Å². The molecule has 0 aliphatic rings. The van der Waals surface area contributed by atoms with Gasteiger partial charge in [0.1, 0.15) is 0 Å². The summed E-state index contributed by atoms with van der Waals surface area (Å²) in [6.45, 7) is 12.4. The number of aliphatic imine (C=N–C) groups is 1. The van der Waals surface area contributed by atoms with Crippen molar-refractivity contribution in [2.24, 2.45) is 4.99 Å². The molecule has 0 atom stereocenters. The van der Waals surface area contributed by atoms with E-state index in [1.807, 2.05) is 26.8 Å². The van der Waals surface area contributed by atoms with E-state index in [-0.39, 0.29) is 41.3 Å². The van der Waals surface area contributed by atoms with Crippen molar-refractivity contribution in [3.8, 4) is 0 Å². The molecule has 0 spiro atoms. The largest absolute Gasteiger partial charge is 0.357 e. The van der Waals surface area contributed by atoms with Crippen molar-refractivity contribution in [3.05, 3.63) is 35.9 Å². The molecule has 1 rings (SSSR count). The quantitative estimate of drug-likeness (QED) is 0.318. The van der Waals surface area contributed by atoms with Crippen molar-refractivity contribution in [1.29, 1.82) is 0 Å². The summed E-state index contributed by atoms with van der Waals surface area (Å²) in [5, 5.41) is 9.34. The molecule has 0 fully saturated rings. The first-order chi connectivity index (χ1) is 11.3. The maximum absolute atomic E-state index is 11.7. The average molecular weight is 460 g/mol. The summed E-state index contributed by atoms with van der Waals surface area (Å²) in [4.78, 5) is 16.4. The molecule has 142 valence electrons. The molecule has 0 aliphatic heterocycles. The number of carbonyl (C=O) groups is 1.